The maximum Gasteiger partial charge on any atom is 0.256 e. The van der Waals surface area contributed by atoms with Crippen LogP contribution in [-0.2, 0) is 0 Å². The summed E-state index contributed by atoms with van der Waals surface area (Å²) in [5.41, 5.74) is 0.810. The maximum atomic E-state index is 14.3. The van der Waals surface area contributed by atoms with Gasteiger partial charge < -0.3 is 5.32 Å². The fourth-order valence-electron chi connectivity index (χ4n) is 2.69. The van der Waals surface area contributed by atoms with Crippen molar-refractivity contribution >= 4 is 22.4 Å². The molecule has 0 spiro atoms. The Morgan fingerprint density at radius 1 is 1.04 bits per heavy atom. The quantitative estimate of drug-likeness (QED) is 0.614. The third-order valence-corrected chi connectivity index (χ3v) is 3.89. The van der Waals surface area contributed by atoms with Gasteiger partial charge in [-0.25, -0.2) is 8.78 Å². The summed E-state index contributed by atoms with van der Waals surface area (Å²) >= 11 is 0. The number of halogens is 2. The Balaban J connectivity index is 1.64. The van der Waals surface area contributed by atoms with E-state index in [0.717, 1.165) is 0 Å². The predicted molar refractivity (Wildman–Crippen MR) is 91.0 cm³/mol. The van der Waals surface area contributed by atoms with Gasteiger partial charge in [0.1, 0.15) is 17.8 Å². The van der Waals surface area contributed by atoms with Crippen LogP contribution in [0.4, 0.5) is 14.5 Å². The number of rotatable bonds is 3. The van der Waals surface area contributed by atoms with E-state index >= 15 is 0 Å². The van der Waals surface area contributed by atoms with Gasteiger partial charge in [-0.05, 0) is 57.6 Å². The van der Waals surface area contributed by atoms with Crippen LogP contribution in [0.3, 0.4) is 0 Å². The number of anilines is 1. The van der Waals surface area contributed by atoms with Crippen LogP contribution < -0.4 is 5.32 Å². The van der Waals surface area contributed by atoms with Gasteiger partial charge in [-0.1, -0.05) is 18.2 Å². The normalized spacial score (nSPS) is 10.8. The SMILES string of the molecule is O=C(Nc1ccc(-n2cnnn2)c(F)c1)c1cccc2cc(F)ccc12. The average molecular weight is 351 g/mol. The number of benzene rings is 3. The summed E-state index contributed by atoms with van der Waals surface area (Å²) in [5.74, 6) is -1.39. The summed E-state index contributed by atoms with van der Waals surface area (Å²) < 4.78 is 28.8. The topological polar surface area (TPSA) is 72.7 Å². The number of amides is 1. The van der Waals surface area contributed by atoms with Crippen molar-refractivity contribution in [3.05, 3.63) is 78.1 Å². The molecule has 0 saturated heterocycles. The van der Waals surface area contributed by atoms with Crippen LogP contribution in [0.1, 0.15) is 10.4 Å². The number of hydrogen-bond acceptors (Lipinski definition) is 4. The van der Waals surface area contributed by atoms with Crippen molar-refractivity contribution in [1.29, 1.82) is 0 Å². The second kappa shape index (κ2) is 6.32. The molecule has 0 fully saturated rings. The van der Waals surface area contributed by atoms with Gasteiger partial charge in [0.05, 0.1) is 0 Å². The van der Waals surface area contributed by atoms with Crippen LogP contribution >= 0.6 is 0 Å². The first-order chi connectivity index (χ1) is 12.6. The van der Waals surface area contributed by atoms with E-state index in [9.17, 15) is 13.6 Å². The first-order valence-electron chi connectivity index (χ1n) is 7.64. The first-order valence-corrected chi connectivity index (χ1v) is 7.64. The molecular formula is C18H11F2N5O. The number of hydrogen-bond donors (Lipinski definition) is 1. The first kappa shape index (κ1) is 15.8. The molecule has 8 heteroatoms. The van der Waals surface area contributed by atoms with Gasteiger partial charge in [0.2, 0.25) is 0 Å². The molecule has 0 aliphatic carbocycles. The Morgan fingerprint density at radius 3 is 2.69 bits per heavy atom. The van der Waals surface area contributed by atoms with Crippen molar-refractivity contribution in [1.82, 2.24) is 20.2 Å². The van der Waals surface area contributed by atoms with E-state index in [0.29, 0.717) is 16.3 Å². The van der Waals surface area contributed by atoms with Crippen molar-refractivity contribution in [3.8, 4) is 5.69 Å². The monoisotopic (exact) mass is 351 g/mol. The van der Waals surface area contributed by atoms with Crippen LogP contribution in [0, 0.1) is 11.6 Å². The third-order valence-electron chi connectivity index (χ3n) is 3.89. The molecule has 4 aromatic rings. The molecule has 0 bridgehead atoms. The highest BCUT2D eigenvalue weighted by Crippen LogP contribution is 2.22. The molecule has 0 saturated carbocycles. The van der Waals surface area contributed by atoms with E-state index in [1.807, 2.05) is 0 Å². The highest BCUT2D eigenvalue weighted by atomic mass is 19.1. The summed E-state index contributed by atoms with van der Waals surface area (Å²) in [7, 11) is 0. The van der Waals surface area contributed by atoms with Crippen LogP contribution in [-0.4, -0.2) is 26.1 Å². The number of carbonyl (C=O) groups excluding carboxylic acids is 1. The number of fused-ring (bicyclic) bond motifs is 1. The molecular weight excluding hydrogens is 340 g/mol. The van der Waals surface area contributed by atoms with Crippen molar-refractivity contribution in [2.24, 2.45) is 0 Å². The molecule has 128 valence electrons. The summed E-state index contributed by atoms with van der Waals surface area (Å²) in [6, 6.07) is 13.4. The minimum atomic E-state index is -0.588. The van der Waals surface area contributed by atoms with Crippen molar-refractivity contribution in [2.45, 2.75) is 0 Å². The zero-order valence-corrected chi connectivity index (χ0v) is 13.2. The lowest BCUT2D eigenvalue weighted by molar-refractivity contribution is 0.102. The fraction of sp³-hybridized carbons (Fsp3) is 0. The molecule has 6 nitrogen and oxygen atoms in total. The van der Waals surface area contributed by atoms with E-state index in [1.165, 1.54) is 35.3 Å². The maximum absolute atomic E-state index is 14.3. The lowest BCUT2D eigenvalue weighted by Gasteiger charge is -2.09. The second-order valence-corrected chi connectivity index (χ2v) is 5.55. The summed E-state index contributed by atoms with van der Waals surface area (Å²) in [6.45, 7) is 0. The van der Waals surface area contributed by atoms with Crippen LogP contribution in [0.2, 0.25) is 0 Å². The molecule has 1 amide bonds. The van der Waals surface area contributed by atoms with Crippen molar-refractivity contribution in [3.63, 3.8) is 0 Å². The highest BCUT2D eigenvalue weighted by Gasteiger charge is 2.13. The molecule has 1 heterocycles. The summed E-state index contributed by atoms with van der Waals surface area (Å²) in [4.78, 5) is 12.6. The Kier molecular flexibility index (Phi) is 3.85. The number of tetrazole rings is 1. The third kappa shape index (κ3) is 2.88. The minimum Gasteiger partial charge on any atom is -0.322 e. The second-order valence-electron chi connectivity index (χ2n) is 5.55. The Hall–Kier alpha value is -3.68. The van der Waals surface area contributed by atoms with E-state index in [2.05, 4.69) is 20.8 Å². The number of nitrogens with zero attached hydrogens (tertiary/aromatic N) is 4. The molecule has 3 aromatic carbocycles. The molecule has 0 radical (unpaired) electrons. The summed E-state index contributed by atoms with van der Waals surface area (Å²) in [6.07, 6.45) is 1.27. The van der Waals surface area contributed by atoms with Gasteiger partial charge in [-0.2, -0.15) is 4.68 Å². The molecule has 1 aromatic heterocycles. The largest absolute Gasteiger partial charge is 0.322 e. The van der Waals surface area contributed by atoms with E-state index in [1.54, 1.807) is 30.3 Å². The molecule has 0 aliphatic heterocycles. The fourth-order valence-corrected chi connectivity index (χ4v) is 2.69. The molecule has 0 atom stereocenters. The Morgan fingerprint density at radius 2 is 1.92 bits per heavy atom. The Bertz CT molecular complexity index is 1110. The van der Waals surface area contributed by atoms with Crippen LogP contribution in [0.5, 0.6) is 0 Å². The zero-order chi connectivity index (χ0) is 18.1. The average Bonchev–Trinajstić information content (AvgIpc) is 3.15. The molecule has 26 heavy (non-hydrogen) atoms. The predicted octanol–water partition coefficient (Wildman–Crippen LogP) is 3.35. The highest BCUT2D eigenvalue weighted by molar-refractivity contribution is 6.12. The van der Waals surface area contributed by atoms with Crippen molar-refractivity contribution < 1.29 is 13.6 Å². The van der Waals surface area contributed by atoms with E-state index in [4.69, 9.17) is 0 Å². The summed E-state index contributed by atoms with van der Waals surface area (Å²) in [5, 5.41) is 14.4. The van der Waals surface area contributed by atoms with Crippen LogP contribution in [0.15, 0.2) is 60.9 Å². The van der Waals surface area contributed by atoms with Crippen molar-refractivity contribution in [2.75, 3.05) is 5.32 Å². The lowest BCUT2D eigenvalue weighted by atomic mass is 10.0. The number of nitrogens with one attached hydrogen (secondary N) is 1. The standard InChI is InChI=1S/C18H11F2N5O/c19-12-4-6-14-11(8-12)2-1-3-15(14)18(26)22-13-5-7-17(16(20)9-13)25-10-21-23-24-25/h1-10H,(H,22,26). The van der Waals surface area contributed by atoms with Gasteiger partial charge in [0.15, 0.2) is 5.82 Å². The smallest absolute Gasteiger partial charge is 0.256 e. The van der Waals surface area contributed by atoms with Gasteiger partial charge in [0, 0.05) is 11.3 Å². The van der Waals surface area contributed by atoms with Gasteiger partial charge in [-0.3, -0.25) is 4.79 Å². The molecule has 0 unspecified atom stereocenters. The number of aromatic nitrogens is 4. The molecule has 1 N–H and O–H groups in total. The van der Waals surface area contributed by atoms with E-state index < -0.39 is 11.7 Å². The molecule has 4 rings (SSSR count). The minimum absolute atomic E-state index is 0.161. The lowest BCUT2D eigenvalue weighted by Crippen LogP contribution is -2.13. The van der Waals surface area contributed by atoms with Gasteiger partial charge in [0.25, 0.3) is 5.91 Å². The van der Waals surface area contributed by atoms with E-state index in [-0.39, 0.29) is 17.2 Å². The molecule has 0 aliphatic rings. The Labute approximate surface area is 146 Å². The van der Waals surface area contributed by atoms with Crippen LogP contribution in [0.25, 0.3) is 16.5 Å². The number of carbonyl (C=O) groups is 1. The van der Waals surface area contributed by atoms with Gasteiger partial charge >= 0.3 is 0 Å². The zero-order valence-electron chi connectivity index (χ0n) is 13.2. The van der Waals surface area contributed by atoms with Gasteiger partial charge in [-0.15, -0.1) is 5.10 Å².